The van der Waals surface area contributed by atoms with Crippen molar-refractivity contribution in [2.24, 2.45) is 15.4 Å². The van der Waals surface area contributed by atoms with Crippen molar-refractivity contribution in [2.75, 3.05) is 0 Å². The standard InChI is InChI=1S/C33H30N2O2/c1-33(2,31-34-27(23-15-7-3-8-16-23)29(36-31)25-19-11-5-12-20-25)32-35-28(24-17-9-4-10-18-24)30(37-32)26-21-13-6-14-22-26/h3-22,27-30H,1-2H3. The van der Waals surface area contributed by atoms with Gasteiger partial charge in [-0.25, -0.2) is 9.98 Å². The van der Waals surface area contributed by atoms with E-state index in [1.54, 1.807) is 0 Å². The van der Waals surface area contributed by atoms with Crippen molar-refractivity contribution in [3.05, 3.63) is 144 Å². The maximum Gasteiger partial charge on any atom is 0.200 e. The Morgan fingerprint density at radius 2 is 0.757 bits per heavy atom. The first-order chi connectivity index (χ1) is 18.1. The fourth-order valence-corrected chi connectivity index (χ4v) is 5.11. The Hall–Kier alpha value is -4.18. The van der Waals surface area contributed by atoms with E-state index in [1.165, 1.54) is 0 Å². The summed E-state index contributed by atoms with van der Waals surface area (Å²) in [6.45, 7) is 4.19. The van der Waals surface area contributed by atoms with Crippen LogP contribution < -0.4 is 0 Å². The molecule has 4 heteroatoms. The van der Waals surface area contributed by atoms with E-state index in [0.717, 1.165) is 22.3 Å². The van der Waals surface area contributed by atoms with E-state index in [0.29, 0.717) is 11.8 Å². The zero-order valence-electron chi connectivity index (χ0n) is 21.1. The van der Waals surface area contributed by atoms with Gasteiger partial charge in [-0.3, -0.25) is 0 Å². The summed E-state index contributed by atoms with van der Waals surface area (Å²) in [6, 6.07) is 41.1. The van der Waals surface area contributed by atoms with Gasteiger partial charge in [0.1, 0.15) is 17.5 Å². The summed E-state index contributed by atoms with van der Waals surface area (Å²) in [7, 11) is 0. The lowest BCUT2D eigenvalue weighted by molar-refractivity contribution is 0.162. The molecule has 0 saturated carbocycles. The van der Waals surface area contributed by atoms with Gasteiger partial charge < -0.3 is 9.47 Å². The predicted molar refractivity (Wildman–Crippen MR) is 148 cm³/mol. The number of nitrogens with zero attached hydrogens (tertiary/aromatic N) is 2. The van der Waals surface area contributed by atoms with E-state index >= 15 is 0 Å². The van der Waals surface area contributed by atoms with Crippen molar-refractivity contribution >= 4 is 11.8 Å². The zero-order valence-corrected chi connectivity index (χ0v) is 21.1. The van der Waals surface area contributed by atoms with E-state index in [2.05, 4.69) is 86.6 Å². The molecule has 0 aromatic heterocycles. The highest BCUT2D eigenvalue weighted by atomic mass is 16.5. The molecule has 2 aliphatic heterocycles. The van der Waals surface area contributed by atoms with E-state index < -0.39 is 5.41 Å². The first kappa shape index (κ1) is 23.2. The van der Waals surface area contributed by atoms with Crippen molar-refractivity contribution in [3.63, 3.8) is 0 Å². The maximum absolute atomic E-state index is 6.66. The Morgan fingerprint density at radius 3 is 1.08 bits per heavy atom. The normalized spacial score (nSPS) is 23.1. The Morgan fingerprint density at radius 1 is 0.459 bits per heavy atom. The molecule has 184 valence electrons. The van der Waals surface area contributed by atoms with Gasteiger partial charge >= 0.3 is 0 Å². The molecule has 37 heavy (non-hydrogen) atoms. The Labute approximate surface area is 218 Å². The van der Waals surface area contributed by atoms with E-state index in [-0.39, 0.29) is 24.3 Å². The molecule has 0 fully saturated rings. The van der Waals surface area contributed by atoms with Crippen molar-refractivity contribution in [3.8, 4) is 0 Å². The second kappa shape index (κ2) is 9.70. The van der Waals surface area contributed by atoms with Gasteiger partial charge in [-0.2, -0.15) is 0 Å². The van der Waals surface area contributed by atoms with Gasteiger partial charge in [0.15, 0.2) is 24.0 Å². The van der Waals surface area contributed by atoms with Crippen molar-refractivity contribution < 1.29 is 9.47 Å². The van der Waals surface area contributed by atoms with Crippen LogP contribution in [0.2, 0.25) is 0 Å². The van der Waals surface area contributed by atoms with Crippen LogP contribution in [0.15, 0.2) is 131 Å². The number of hydrogen-bond acceptors (Lipinski definition) is 4. The smallest absolute Gasteiger partial charge is 0.200 e. The average molecular weight is 487 g/mol. The summed E-state index contributed by atoms with van der Waals surface area (Å²) in [6.07, 6.45) is -0.426. The monoisotopic (exact) mass is 486 g/mol. The lowest BCUT2D eigenvalue weighted by Crippen LogP contribution is -2.34. The van der Waals surface area contributed by atoms with Gasteiger partial charge in [-0.1, -0.05) is 121 Å². The molecule has 2 heterocycles. The van der Waals surface area contributed by atoms with Crippen LogP contribution in [0.3, 0.4) is 0 Å². The van der Waals surface area contributed by atoms with Gasteiger partial charge in [0.25, 0.3) is 0 Å². The minimum absolute atomic E-state index is 0.144. The number of ether oxygens (including phenoxy) is 2. The van der Waals surface area contributed by atoms with Gasteiger partial charge in [0, 0.05) is 0 Å². The van der Waals surface area contributed by atoms with Crippen LogP contribution in [-0.2, 0) is 9.47 Å². The van der Waals surface area contributed by atoms with E-state index in [9.17, 15) is 0 Å². The molecule has 0 N–H and O–H groups in total. The van der Waals surface area contributed by atoms with Gasteiger partial charge in [-0.05, 0) is 36.1 Å². The van der Waals surface area contributed by atoms with Crippen LogP contribution in [-0.4, -0.2) is 11.8 Å². The molecule has 4 aromatic carbocycles. The molecular formula is C33H30N2O2. The Balaban J connectivity index is 1.37. The molecule has 4 nitrogen and oxygen atoms in total. The first-order valence-corrected chi connectivity index (χ1v) is 12.8. The van der Waals surface area contributed by atoms with E-state index in [4.69, 9.17) is 19.5 Å². The number of benzene rings is 4. The fraction of sp³-hybridized carbons (Fsp3) is 0.212. The second-order valence-corrected chi connectivity index (χ2v) is 10.1. The summed E-state index contributed by atoms with van der Waals surface area (Å²) in [5.74, 6) is 1.30. The van der Waals surface area contributed by atoms with Crippen LogP contribution in [0.25, 0.3) is 0 Å². The molecule has 0 bridgehead atoms. The quantitative estimate of drug-likeness (QED) is 0.279. The van der Waals surface area contributed by atoms with Crippen LogP contribution >= 0.6 is 0 Å². The molecule has 0 amide bonds. The minimum Gasteiger partial charge on any atom is -0.469 e. The molecule has 4 aromatic rings. The summed E-state index contributed by atoms with van der Waals surface area (Å²) in [5.41, 5.74) is 3.81. The highest BCUT2D eigenvalue weighted by Crippen LogP contribution is 2.47. The van der Waals surface area contributed by atoms with Crippen molar-refractivity contribution in [1.29, 1.82) is 0 Å². The van der Waals surface area contributed by atoms with Gasteiger partial charge in [-0.15, -0.1) is 0 Å². The first-order valence-electron chi connectivity index (χ1n) is 12.8. The van der Waals surface area contributed by atoms with Crippen LogP contribution in [0.4, 0.5) is 0 Å². The summed E-state index contributed by atoms with van der Waals surface area (Å²) < 4.78 is 13.3. The SMILES string of the molecule is CC(C)(C1=NC(c2ccccc2)C(c2ccccc2)O1)C1=NC(c2ccccc2)C(c2ccccc2)O1. The number of hydrogen-bond donors (Lipinski definition) is 0. The predicted octanol–water partition coefficient (Wildman–Crippen LogP) is 7.84. The van der Waals surface area contributed by atoms with Crippen molar-refractivity contribution in [2.45, 2.75) is 38.1 Å². The molecule has 0 radical (unpaired) electrons. The topological polar surface area (TPSA) is 43.2 Å². The minimum atomic E-state index is -0.646. The molecule has 4 unspecified atom stereocenters. The highest BCUT2D eigenvalue weighted by Gasteiger charge is 2.47. The summed E-state index contributed by atoms with van der Waals surface area (Å²) >= 11 is 0. The molecule has 0 aliphatic carbocycles. The molecule has 6 rings (SSSR count). The fourth-order valence-electron chi connectivity index (χ4n) is 5.11. The third-order valence-electron chi connectivity index (χ3n) is 7.17. The number of aliphatic imine (C=N–C) groups is 2. The average Bonchev–Trinajstić information content (AvgIpc) is 3.62. The molecular weight excluding hydrogens is 456 g/mol. The van der Waals surface area contributed by atoms with Crippen LogP contribution in [0.5, 0.6) is 0 Å². The molecule has 0 saturated heterocycles. The maximum atomic E-state index is 6.66. The summed E-state index contributed by atoms with van der Waals surface area (Å²) in [4.78, 5) is 10.3. The Kier molecular flexibility index (Phi) is 6.09. The molecule has 4 atom stereocenters. The third kappa shape index (κ3) is 4.44. The zero-order chi connectivity index (χ0) is 25.2. The molecule has 0 spiro atoms. The highest BCUT2D eigenvalue weighted by molar-refractivity contribution is 6.05. The van der Waals surface area contributed by atoms with Crippen LogP contribution in [0.1, 0.15) is 60.4 Å². The third-order valence-corrected chi connectivity index (χ3v) is 7.17. The largest absolute Gasteiger partial charge is 0.469 e. The van der Waals surface area contributed by atoms with Gasteiger partial charge in [0.05, 0.1) is 0 Å². The summed E-state index contributed by atoms with van der Waals surface area (Å²) in [5, 5.41) is 0. The van der Waals surface area contributed by atoms with Crippen LogP contribution in [0, 0.1) is 5.41 Å². The lowest BCUT2D eigenvalue weighted by atomic mass is 9.93. The number of rotatable bonds is 6. The van der Waals surface area contributed by atoms with Gasteiger partial charge in [0.2, 0.25) is 0 Å². The Bertz CT molecular complexity index is 1290. The molecule has 2 aliphatic rings. The second-order valence-electron chi connectivity index (χ2n) is 10.1. The van der Waals surface area contributed by atoms with E-state index in [1.807, 2.05) is 48.5 Å². The van der Waals surface area contributed by atoms with Crippen molar-refractivity contribution in [1.82, 2.24) is 0 Å². The lowest BCUT2D eigenvalue weighted by Gasteiger charge is -2.26.